The summed E-state index contributed by atoms with van der Waals surface area (Å²) in [7, 11) is 0. The Morgan fingerprint density at radius 3 is 2.32 bits per heavy atom. The highest BCUT2D eigenvalue weighted by Gasteiger charge is 2.27. The first-order chi connectivity index (χ1) is 15.2. The zero-order valence-electron chi connectivity index (χ0n) is 18.0. The summed E-state index contributed by atoms with van der Waals surface area (Å²) in [6.45, 7) is 4.68. The molecule has 31 heavy (non-hydrogen) atoms. The van der Waals surface area contributed by atoms with Crippen molar-refractivity contribution in [3.8, 4) is 0 Å². The molecule has 3 N–H and O–H groups in total. The monoisotopic (exact) mass is 433 g/mol. The van der Waals surface area contributed by atoms with E-state index < -0.39 is 0 Å². The van der Waals surface area contributed by atoms with Crippen LogP contribution >= 0.6 is 11.6 Å². The quantitative estimate of drug-likeness (QED) is 0.482. The molecule has 2 atom stereocenters. The van der Waals surface area contributed by atoms with Crippen LogP contribution in [-0.4, -0.2) is 19.6 Å². The predicted octanol–water partition coefficient (Wildman–Crippen LogP) is 5.27. The van der Waals surface area contributed by atoms with Crippen LogP contribution in [0.5, 0.6) is 0 Å². The number of hydrogen-bond acceptors (Lipinski definition) is 3. The maximum atomic E-state index is 6.15. The normalized spacial score (nSPS) is 18.3. The Balaban J connectivity index is 1.45. The minimum Gasteiger partial charge on any atom is -0.367 e. The van der Waals surface area contributed by atoms with Crippen LogP contribution in [0.25, 0.3) is 0 Å². The van der Waals surface area contributed by atoms with Crippen molar-refractivity contribution in [2.75, 3.05) is 24.5 Å². The van der Waals surface area contributed by atoms with E-state index >= 15 is 0 Å². The molecule has 1 saturated heterocycles. The Morgan fingerprint density at radius 2 is 1.55 bits per heavy atom. The van der Waals surface area contributed by atoms with Crippen LogP contribution in [0.2, 0.25) is 5.02 Å². The minimum absolute atomic E-state index is 0.573. The third-order valence-corrected chi connectivity index (χ3v) is 6.63. The maximum absolute atomic E-state index is 6.15. The molecule has 1 aliphatic rings. The number of nitrogens with zero attached hydrogens (tertiary/aromatic N) is 1. The van der Waals surface area contributed by atoms with Crippen molar-refractivity contribution >= 4 is 17.3 Å². The Morgan fingerprint density at radius 1 is 0.839 bits per heavy atom. The van der Waals surface area contributed by atoms with Crippen molar-refractivity contribution in [3.05, 3.63) is 101 Å². The van der Waals surface area contributed by atoms with E-state index in [-0.39, 0.29) is 0 Å². The van der Waals surface area contributed by atoms with Crippen molar-refractivity contribution in [2.45, 2.75) is 25.9 Å². The maximum Gasteiger partial charge on any atom is 0.0429 e. The van der Waals surface area contributed by atoms with E-state index in [4.69, 9.17) is 17.3 Å². The van der Waals surface area contributed by atoms with E-state index in [2.05, 4.69) is 76.9 Å². The molecule has 4 rings (SSSR count). The van der Waals surface area contributed by atoms with E-state index in [0.717, 1.165) is 37.6 Å². The molecular weight excluding hydrogens is 402 g/mol. The van der Waals surface area contributed by atoms with Gasteiger partial charge in [0.15, 0.2) is 0 Å². The zero-order chi connectivity index (χ0) is 21.5. The van der Waals surface area contributed by atoms with Crippen LogP contribution in [0.15, 0.2) is 78.9 Å². The molecule has 0 aromatic heterocycles. The highest BCUT2D eigenvalue weighted by molar-refractivity contribution is 6.30. The third kappa shape index (κ3) is 6.10. The molecule has 3 nitrogen and oxygen atoms in total. The topological polar surface area (TPSA) is 41.3 Å². The molecule has 0 aliphatic carbocycles. The second-order valence-corrected chi connectivity index (χ2v) is 9.02. The van der Waals surface area contributed by atoms with Gasteiger partial charge < -0.3 is 16.0 Å². The van der Waals surface area contributed by atoms with Gasteiger partial charge in [0.2, 0.25) is 0 Å². The number of halogens is 1. The summed E-state index contributed by atoms with van der Waals surface area (Å²) in [6, 6.07) is 27.7. The van der Waals surface area contributed by atoms with E-state index in [1.807, 2.05) is 12.1 Å². The first kappa shape index (κ1) is 21.9. The van der Waals surface area contributed by atoms with Crippen LogP contribution in [-0.2, 0) is 19.5 Å². The largest absolute Gasteiger partial charge is 0.367 e. The van der Waals surface area contributed by atoms with Crippen LogP contribution < -0.4 is 16.0 Å². The lowest BCUT2D eigenvalue weighted by molar-refractivity contribution is 0.392. The van der Waals surface area contributed by atoms with Gasteiger partial charge in [-0.2, -0.15) is 0 Å². The fraction of sp³-hybridized carbons (Fsp3) is 0.333. The third-order valence-electron chi connectivity index (χ3n) is 6.38. The predicted molar refractivity (Wildman–Crippen MR) is 131 cm³/mol. The second kappa shape index (κ2) is 10.8. The molecule has 3 aromatic carbocycles. The fourth-order valence-corrected chi connectivity index (χ4v) is 4.76. The van der Waals surface area contributed by atoms with Crippen molar-refractivity contribution in [1.29, 1.82) is 0 Å². The summed E-state index contributed by atoms with van der Waals surface area (Å²) < 4.78 is 0. The lowest BCUT2D eigenvalue weighted by Gasteiger charge is -2.28. The number of rotatable bonds is 9. The number of nitrogens with one attached hydrogen (secondary N) is 1. The number of benzene rings is 3. The molecule has 0 radical (unpaired) electrons. The number of anilines is 1. The van der Waals surface area contributed by atoms with Gasteiger partial charge in [-0.05, 0) is 78.7 Å². The van der Waals surface area contributed by atoms with Gasteiger partial charge in [0, 0.05) is 30.3 Å². The molecule has 4 heteroatoms. The van der Waals surface area contributed by atoms with E-state index in [1.165, 1.54) is 28.8 Å². The number of nitrogens with two attached hydrogens (primary N) is 1. The molecule has 3 aromatic rings. The summed E-state index contributed by atoms with van der Waals surface area (Å²) in [6.07, 6.45) is 2.32. The van der Waals surface area contributed by atoms with E-state index in [0.29, 0.717) is 18.4 Å². The van der Waals surface area contributed by atoms with Gasteiger partial charge in [0.25, 0.3) is 0 Å². The van der Waals surface area contributed by atoms with Crippen LogP contribution in [0.1, 0.15) is 23.1 Å². The number of hydrogen-bond donors (Lipinski definition) is 2. The molecule has 0 bridgehead atoms. The van der Waals surface area contributed by atoms with Crippen LogP contribution in [0, 0.1) is 11.8 Å². The fourth-order valence-electron chi connectivity index (χ4n) is 4.63. The Bertz CT molecular complexity index is 942. The van der Waals surface area contributed by atoms with Gasteiger partial charge in [-0.15, -0.1) is 0 Å². The average molecular weight is 434 g/mol. The summed E-state index contributed by atoms with van der Waals surface area (Å²) in [5, 5.41) is 4.40. The summed E-state index contributed by atoms with van der Waals surface area (Å²) in [4.78, 5) is 2.48. The van der Waals surface area contributed by atoms with Crippen LogP contribution in [0.4, 0.5) is 5.69 Å². The van der Waals surface area contributed by atoms with Gasteiger partial charge in [-0.3, -0.25) is 0 Å². The molecule has 0 unspecified atom stereocenters. The summed E-state index contributed by atoms with van der Waals surface area (Å²) >= 11 is 6.15. The molecule has 0 amide bonds. The standard InChI is InChI=1S/C27H32ClN3/c28-26-9-11-27(12-10-26)31(20-23-8-4-7-22(15-23)17-29)14-13-24-18-30-19-25(24)16-21-5-2-1-3-6-21/h1-12,15,24-25,30H,13-14,16-20,29H2/t24-,25-/m0/s1. The summed E-state index contributed by atoms with van der Waals surface area (Å²) in [5.41, 5.74) is 11.0. The lowest BCUT2D eigenvalue weighted by Crippen LogP contribution is -2.28. The molecule has 162 valence electrons. The Labute approximate surface area is 191 Å². The zero-order valence-corrected chi connectivity index (χ0v) is 18.8. The molecule has 1 aliphatic heterocycles. The van der Waals surface area contributed by atoms with E-state index in [1.54, 1.807) is 0 Å². The SMILES string of the molecule is NCc1cccc(CN(CC[C@H]2CNC[C@@H]2Cc2ccccc2)c2ccc(Cl)cc2)c1. The smallest absolute Gasteiger partial charge is 0.0429 e. The first-order valence-corrected chi connectivity index (χ1v) is 11.6. The Kier molecular flexibility index (Phi) is 7.63. The van der Waals surface area contributed by atoms with Crippen molar-refractivity contribution in [1.82, 2.24) is 5.32 Å². The molecule has 1 fully saturated rings. The van der Waals surface area contributed by atoms with Gasteiger partial charge in [0.1, 0.15) is 0 Å². The van der Waals surface area contributed by atoms with Gasteiger partial charge in [0.05, 0.1) is 0 Å². The first-order valence-electron chi connectivity index (χ1n) is 11.2. The van der Waals surface area contributed by atoms with Gasteiger partial charge in [-0.1, -0.05) is 66.2 Å². The molecule has 0 spiro atoms. The van der Waals surface area contributed by atoms with Crippen molar-refractivity contribution in [2.24, 2.45) is 17.6 Å². The van der Waals surface area contributed by atoms with Crippen molar-refractivity contribution in [3.63, 3.8) is 0 Å². The van der Waals surface area contributed by atoms with Crippen molar-refractivity contribution < 1.29 is 0 Å². The highest BCUT2D eigenvalue weighted by atomic mass is 35.5. The Hall–Kier alpha value is -2.33. The molecular formula is C27H32ClN3. The minimum atomic E-state index is 0.573. The van der Waals surface area contributed by atoms with E-state index in [9.17, 15) is 0 Å². The lowest BCUT2D eigenvalue weighted by atomic mass is 9.87. The second-order valence-electron chi connectivity index (χ2n) is 8.58. The highest BCUT2D eigenvalue weighted by Crippen LogP contribution is 2.27. The summed E-state index contributed by atoms with van der Waals surface area (Å²) in [5.74, 6) is 1.38. The van der Waals surface area contributed by atoms with Crippen LogP contribution in [0.3, 0.4) is 0 Å². The van der Waals surface area contributed by atoms with Gasteiger partial charge in [-0.25, -0.2) is 0 Å². The molecule has 1 heterocycles. The molecule has 0 saturated carbocycles. The average Bonchev–Trinajstić information content (AvgIpc) is 3.25. The van der Waals surface area contributed by atoms with Gasteiger partial charge >= 0.3 is 0 Å².